The molecule has 0 saturated heterocycles. The molecule has 3 aromatic rings. The van der Waals surface area contributed by atoms with Crippen LogP contribution in [0.25, 0.3) is 11.4 Å². The highest BCUT2D eigenvalue weighted by molar-refractivity contribution is 5.60. The quantitative estimate of drug-likeness (QED) is 0.652. The molecule has 6 nitrogen and oxygen atoms in total. The van der Waals surface area contributed by atoms with E-state index in [1.165, 1.54) is 30.4 Å². The number of aryl methyl sites for hydroxylation is 2. The highest BCUT2D eigenvalue weighted by Gasteiger charge is 2.15. The zero-order valence-corrected chi connectivity index (χ0v) is 15.1. The largest absolute Gasteiger partial charge is 0.493 e. The fourth-order valence-corrected chi connectivity index (χ4v) is 2.47. The van der Waals surface area contributed by atoms with Gasteiger partial charge in [0, 0.05) is 11.3 Å². The lowest BCUT2D eigenvalue weighted by Crippen LogP contribution is -2.03. The van der Waals surface area contributed by atoms with Gasteiger partial charge in [-0.05, 0) is 55.3 Å². The lowest BCUT2D eigenvalue weighted by Gasteiger charge is -2.10. The van der Waals surface area contributed by atoms with Crippen LogP contribution in [0.15, 0.2) is 40.9 Å². The second kappa shape index (κ2) is 8.03. The highest BCUT2D eigenvalue weighted by Crippen LogP contribution is 2.32. The van der Waals surface area contributed by atoms with Gasteiger partial charge < -0.3 is 19.3 Å². The lowest BCUT2D eigenvalue weighted by atomic mass is 10.1. The summed E-state index contributed by atoms with van der Waals surface area (Å²) in [6, 6.07) is 10.5. The number of halogens is 2. The van der Waals surface area contributed by atoms with Crippen LogP contribution in [0.4, 0.5) is 14.5 Å². The number of methoxy groups -OCH3 is 1. The van der Waals surface area contributed by atoms with Crippen LogP contribution in [0, 0.1) is 13.8 Å². The lowest BCUT2D eigenvalue weighted by molar-refractivity contribution is -0.0512. The van der Waals surface area contributed by atoms with Gasteiger partial charge in [0.05, 0.1) is 13.7 Å². The third-order valence-electron chi connectivity index (χ3n) is 4.06. The maximum Gasteiger partial charge on any atom is 0.387 e. The van der Waals surface area contributed by atoms with Gasteiger partial charge in [-0.3, -0.25) is 0 Å². The molecule has 0 fully saturated rings. The number of benzene rings is 2. The van der Waals surface area contributed by atoms with Crippen molar-refractivity contribution in [1.82, 2.24) is 10.1 Å². The maximum absolute atomic E-state index is 12.4. The molecule has 0 atom stereocenters. The highest BCUT2D eigenvalue weighted by atomic mass is 19.3. The minimum Gasteiger partial charge on any atom is -0.493 e. The van der Waals surface area contributed by atoms with Gasteiger partial charge >= 0.3 is 6.61 Å². The summed E-state index contributed by atoms with van der Waals surface area (Å²) in [6.45, 7) is 1.52. The van der Waals surface area contributed by atoms with Crippen LogP contribution in [-0.2, 0) is 6.54 Å². The molecular formula is C19H19F2N3O3. The molecule has 0 radical (unpaired) electrons. The first kappa shape index (κ1) is 18.6. The molecule has 8 heteroatoms. The fraction of sp³-hybridized carbons (Fsp3) is 0.263. The van der Waals surface area contributed by atoms with Crippen LogP contribution in [0.1, 0.15) is 17.0 Å². The van der Waals surface area contributed by atoms with Gasteiger partial charge in [0.15, 0.2) is 11.5 Å². The molecule has 0 saturated carbocycles. The molecule has 2 aromatic carbocycles. The first-order valence-corrected chi connectivity index (χ1v) is 8.23. The summed E-state index contributed by atoms with van der Waals surface area (Å²) < 4.78 is 39.6. The average molecular weight is 375 g/mol. The van der Waals surface area contributed by atoms with Crippen molar-refractivity contribution in [1.29, 1.82) is 0 Å². The molecule has 1 aromatic heterocycles. The Morgan fingerprint density at radius 1 is 1.07 bits per heavy atom. The van der Waals surface area contributed by atoms with Crippen molar-refractivity contribution >= 4 is 5.69 Å². The Morgan fingerprint density at radius 3 is 2.59 bits per heavy atom. The van der Waals surface area contributed by atoms with E-state index in [4.69, 9.17) is 9.26 Å². The van der Waals surface area contributed by atoms with Crippen molar-refractivity contribution in [2.75, 3.05) is 12.4 Å². The monoisotopic (exact) mass is 375 g/mol. The molecule has 0 amide bonds. The van der Waals surface area contributed by atoms with Crippen molar-refractivity contribution in [2.24, 2.45) is 0 Å². The molecule has 0 bridgehead atoms. The van der Waals surface area contributed by atoms with E-state index >= 15 is 0 Å². The molecule has 0 unspecified atom stereocenters. The summed E-state index contributed by atoms with van der Waals surface area (Å²) >= 11 is 0. The van der Waals surface area contributed by atoms with Crippen LogP contribution in [0.5, 0.6) is 11.5 Å². The van der Waals surface area contributed by atoms with E-state index in [9.17, 15) is 8.78 Å². The number of ether oxygens (including phenoxy) is 2. The molecule has 3 rings (SSSR count). The zero-order chi connectivity index (χ0) is 19.4. The Kier molecular flexibility index (Phi) is 5.54. The number of hydrogen-bond donors (Lipinski definition) is 1. The summed E-state index contributed by atoms with van der Waals surface area (Å²) in [6.07, 6.45) is 0. The van der Waals surface area contributed by atoms with E-state index in [1.54, 1.807) is 6.07 Å². The number of nitrogens with zero attached hydrogens (tertiary/aromatic N) is 2. The molecule has 142 valence electrons. The third-order valence-corrected chi connectivity index (χ3v) is 4.06. The second-order valence-electron chi connectivity index (χ2n) is 5.91. The van der Waals surface area contributed by atoms with Crippen LogP contribution in [0.3, 0.4) is 0 Å². The topological polar surface area (TPSA) is 69.4 Å². The average Bonchev–Trinajstić information content (AvgIpc) is 3.11. The van der Waals surface area contributed by atoms with E-state index in [1.807, 2.05) is 25.1 Å². The predicted octanol–water partition coefficient (Wildman–Crippen LogP) is 4.58. The fourth-order valence-electron chi connectivity index (χ4n) is 2.47. The second-order valence-corrected chi connectivity index (χ2v) is 5.91. The predicted molar refractivity (Wildman–Crippen MR) is 96.2 cm³/mol. The Morgan fingerprint density at radius 2 is 1.89 bits per heavy atom. The maximum atomic E-state index is 12.4. The molecule has 0 aliphatic carbocycles. The van der Waals surface area contributed by atoms with Gasteiger partial charge in [0.25, 0.3) is 0 Å². The Hall–Kier alpha value is -3.16. The summed E-state index contributed by atoms with van der Waals surface area (Å²) in [5.74, 6) is 0.827. The van der Waals surface area contributed by atoms with Gasteiger partial charge in [-0.2, -0.15) is 13.8 Å². The van der Waals surface area contributed by atoms with E-state index in [2.05, 4.69) is 27.1 Å². The van der Waals surface area contributed by atoms with Crippen LogP contribution in [0.2, 0.25) is 0 Å². The van der Waals surface area contributed by atoms with Crippen molar-refractivity contribution in [3.8, 4) is 22.9 Å². The first-order valence-electron chi connectivity index (χ1n) is 8.23. The molecule has 27 heavy (non-hydrogen) atoms. The normalized spacial score (nSPS) is 10.9. The smallest absolute Gasteiger partial charge is 0.387 e. The van der Waals surface area contributed by atoms with Gasteiger partial charge in [-0.25, -0.2) is 0 Å². The molecule has 1 N–H and O–H groups in total. The molecule has 0 aliphatic heterocycles. The number of alkyl halides is 2. The Bertz CT molecular complexity index is 928. The standard InChI is InChI=1S/C19H19F2N3O3/c1-11-4-6-14(8-12(11)2)22-10-17-23-18(24-27-17)13-5-7-15(26-19(20)21)16(9-13)25-3/h4-9,19,22H,10H2,1-3H3. The minimum absolute atomic E-state index is 0.0589. The SMILES string of the molecule is COc1cc(-c2noc(CNc3ccc(C)c(C)c3)n2)ccc1OC(F)F. The summed E-state index contributed by atoms with van der Waals surface area (Å²) in [4.78, 5) is 4.32. The van der Waals surface area contributed by atoms with Crippen molar-refractivity contribution in [2.45, 2.75) is 27.0 Å². The van der Waals surface area contributed by atoms with E-state index in [0.717, 1.165) is 5.69 Å². The van der Waals surface area contributed by atoms with E-state index < -0.39 is 6.61 Å². The molecule has 1 heterocycles. The molecular weight excluding hydrogens is 356 g/mol. The van der Waals surface area contributed by atoms with Crippen molar-refractivity contribution in [3.05, 3.63) is 53.4 Å². The number of aromatic nitrogens is 2. The first-order chi connectivity index (χ1) is 13.0. The van der Waals surface area contributed by atoms with Gasteiger partial charge in [0.2, 0.25) is 11.7 Å². The summed E-state index contributed by atoms with van der Waals surface area (Å²) in [7, 11) is 1.37. The minimum atomic E-state index is -2.93. The van der Waals surface area contributed by atoms with Crippen molar-refractivity contribution in [3.63, 3.8) is 0 Å². The molecule has 0 aliphatic rings. The molecule has 0 spiro atoms. The zero-order valence-electron chi connectivity index (χ0n) is 15.1. The van der Waals surface area contributed by atoms with Crippen molar-refractivity contribution < 1.29 is 22.8 Å². The van der Waals surface area contributed by atoms with Gasteiger partial charge in [-0.1, -0.05) is 11.2 Å². The summed E-state index contributed by atoms with van der Waals surface area (Å²) in [5, 5.41) is 7.15. The van der Waals surface area contributed by atoms with Gasteiger partial charge in [-0.15, -0.1) is 0 Å². The Balaban J connectivity index is 1.72. The Labute approximate surface area is 155 Å². The number of rotatable bonds is 7. The van der Waals surface area contributed by atoms with Gasteiger partial charge in [0.1, 0.15) is 0 Å². The van der Waals surface area contributed by atoms with Crippen LogP contribution in [-0.4, -0.2) is 23.9 Å². The number of nitrogens with one attached hydrogen (secondary N) is 1. The van der Waals surface area contributed by atoms with E-state index in [0.29, 0.717) is 23.8 Å². The number of hydrogen-bond acceptors (Lipinski definition) is 6. The van der Waals surface area contributed by atoms with E-state index in [-0.39, 0.29) is 11.5 Å². The third kappa shape index (κ3) is 4.52. The van der Waals surface area contributed by atoms with Crippen LogP contribution >= 0.6 is 0 Å². The summed E-state index contributed by atoms with van der Waals surface area (Å²) in [5.41, 5.74) is 3.92. The number of anilines is 1. The van der Waals surface area contributed by atoms with Crippen LogP contribution < -0.4 is 14.8 Å².